The number of nitrogens with one attached hydrogen (secondary N) is 2. The molecule has 0 saturated heterocycles. The molecule has 0 spiro atoms. The number of halogens is 1. The van der Waals surface area contributed by atoms with Gasteiger partial charge < -0.3 is 20.1 Å². The maximum Gasteiger partial charge on any atom is 0.191 e. The zero-order chi connectivity index (χ0) is 17.7. The molecule has 1 aromatic carbocycles. The SMILES string of the molecule is CCNC(=NCC(C)(C)c1ccc2c(c1)OCCO2)NC1CC=CC1.I. The van der Waals surface area contributed by atoms with Gasteiger partial charge in [0.05, 0.1) is 6.54 Å². The Morgan fingerprint density at radius 3 is 2.54 bits per heavy atom. The summed E-state index contributed by atoms with van der Waals surface area (Å²) in [6.45, 7) is 9.30. The summed E-state index contributed by atoms with van der Waals surface area (Å²) in [6, 6.07) is 6.66. The topological polar surface area (TPSA) is 54.9 Å². The van der Waals surface area contributed by atoms with Crippen molar-refractivity contribution in [2.75, 3.05) is 26.3 Å². The summed E-state index contributed by atoms with van der Waals surface area (Å²) < 4.78 is 11.3. The highest BCUT2D eigenvalue weighted by Crippen LogP contribution is 2.35. The van der Waals surface area contributed by atoms with Gasteiger partial charge in [-0.3, -0.25) is 4.99 Å². The summed E-state index contributed by atoms with van der Waals surface area (Å²) in [7, 11) is 0. The van der Waals surface area contributed by atoms with Crippen LogP contribution >= 0.6 is 24.0 Å². The predicted molar refractivity (Wildman–Crippen MR) is 117 cm³/mol. The monoisotopic (exact) mass is 471 g/mol. The minimum atomic E-state index is -0.0912. The average Bonchev–Trinajstić information content (AvgIpc) is 3.12. The molecule has 1 aliphatic heterocycles. The highest BCUT2D eigenvalue weighted by Gasteiger charge is 2.24. The first-order valence-electron chi connectivity index (χ1n) is 9.18. The fourth-order valence-electron chi connectivity index (χ4n) is 3.08. The number of hydrogen-bond donors (Lipinski definition) is 2. The van der Waals surface area contributed by atoms with Crippen molar-refractivity contribution >= 4 is 29.9 Å². The lowest BCUT2D eigenvalue weighted by Gasteiger charge is -2.27. The zero-order valence-electron chi connectivity index (χ0n) is 15.9. The van der Waals surface area contributed by atoms with E-state index in [0.29, 0.717) is 25.8 Å². The number of guanidine groups is 1. The van der Waals surface area contributed by atoms with Gasteiger partial charge in [-0.1, -0.05) is 32.1 Å². The number of benzene rings is 1. The van der Waals surface area contributed by atoms with Crippen molar-refractivity contribution in [3.63, 3.8) is 0 Å². The molecule has 0 aromatic heterocycles. The van der Waals surface area contributed by atoms with Gasteiger partial charge in [0.1, 0.15) is 13.2 Å². The van der Waals surface area contributed by atoms with E-state index in [1.807, 2.05) is 6.07 Å². The lowest BCUT2D eigenvalue weighted by Crippen LogP contribution is -2.43. The van der Waals surface area contributed by atoms with Crippen LogP contribution in [0.3, 0.4) is 0 Å². The highest BCUT2D eigenvalue weighted by atomic mass is 127. The second-order valence-electron chi connectivity index (χ2n) is 7.22. The fourth-order valence-corrected chi connectivity index (χ4v) is 3.08. The number of rotatable bonds is 5. The Morgan fingerprint density at radius 2 is 1.85 bits per heavy atom. The van der Waals surface area contributed by atoms with Crippen LogP contribution in [-0.4, -0.2) is 38.3 Å². The Morgan fingerprint density at radius 1 is 1.15 bits per heavy atom. The lowest BCUT2D eigenvalue weighted by atomic mass is 9.84. The molecule has 0 amide bonds. The van der Waals surface area contributed by atoms with Crippen LogP contribution in [0.1, 0.15) is 39.2 Å². The predicted octanol–water partition coefficient (Wildman–Crippen LogP) is 3.63. The highest BCUT2D eigenvalue weighted by molar-refractivity contribution is 14.0. The molecule has 0 atom stereocenters. The molecular weight excluding hydrogens is 441 g/mol. The van der Waals surface area contributed by atoms with Gasteiger partial charge in [-0.05, 0) is 37.5 Å². The van der Waals surface area contributed by atoms with Crippen molar-refractivity contribution in [1.82, 2.24) is 10.6 Å². The summed E-state index contributed by atoms with van der Waals surface area (Å²) in [5, 5.41) is 6.87. The minimum Gasteiger partial charge on any atom is -0.486 e. The maximum atomic E-state index is 5.72. The molecule has 3 rings (SSSR count). The molecule has 0 unspecified atom stereocenters. The normalized spacial score (nSPS) is 17.0. The summed E-state index contributed by atoms with van der Waals surface area (Å²) in [4.78, 5) is 4.83. The zero-order valence-corrected chi connectivity index (χ0v) is 18.2. The standard InChI is InChI=1S/C20H29N3O2.HI/c1-4-21-19(23-16-7-5-6-8-16)22-14-20(2,3)15-9-10-17-18(13-15)25-12-11-24-17;/h5-6,9-10,13,16H,4,7-8,11-12,14H2,1-3H3,(H2,21,22,23);1H. The quantitative estimate of drug-likeness (QED) is 0.298. The van der Waals surface area contributed by atoms with E-state index in [2.05, 4.69) is 55.7 Å². The molecular formula is C20H30IN3O2. The summed E-state index contributed by atoms with van der Waals surface area (Å²) >= 11 is 0. The van der Waals surface area contributed by atoms with E-state index in [-0.39, 0.29) is 29.4 Å². The van der Waals surface area contributed by atoms with E-state index in [1.54, 1.807) is 0 Å². The molecule has 5 nitrogen and oxygen atoms in total. The molecule has 1 heterocycles. The van der Waals surface area contributed by atoms with Gasteiger partial charge in [-0.2, -0.15) is 0 Å². The van der Waals surface area contributed by atoms with Crippen LogP contribution in [0.5, 0.6) is 11.5 Å². The minimum absolute atomic E-state index is 0. The molecule has 2 N–H and O–H groups in total. The van der Waals surface area contributed by atoms with E-state index < -0.39 is 0 Å². The number of fused-ring (bicyclic) bond motifs is 1. The van der Waals surface area contributed by atoms with Gasteiger partial charge in [-0.15, -0.1) is 24.0 Å². The third-order valence-corrected chi connectivity index (χ3v) is 4.65. The first-order chi connectivity index (χ1) is 12.1. The number of aliphatic imine (C=N–C) groups is 1. The average molecular weight is 471 g/mol. The number of hydrogen-bond acceptors (Lipinski definition) is 3. The van der Waals surface area contributed by atoms with E-state index in [0.717, 1.165) is 36.8 Å². The van der Waals surface area contributed by atoms with Crippen molar-refractivity contribution in [1.29, 1.82) is 0 Å². The molecule has 6 heteroatoms. The molecule has 2 aliphatic rings. The smallest absolute Gasteiger partial charge is 0.191 e. The molecule has 144 valence electrons. The Labute approximate surface area is 173 Å². The lowest BCUT2D eigenvalue weighted by molar-refractivity contribution is 0.171. The second-order valence-corrected chi connectivity index (χ2v) is 7.22. The third kappa shape index (κ3) is 5.28. The van der Waals surface area contributed by atoms with Crippen LogP contribution in [0, 0.1) is 0 Å². The van der Waals surface area contributed by atoms with Crippen molar-refractivity contribution in [2.45, 2.75) is 45.1 Å². The summed E-state index contributed by atoms with van der Waals surface area (Å²) in [5.41, 5.74) is 1.12. The van der Waals surface area contributed by atoms with Crippen LogP contribution in [-0.2, 0) is 5.41 Å². The second kappa shape index (κ2) is 9.48. The van der Waals surface area contributed by atoms with Crippen LogP contribution in [0.4, 0.5) is 0 Å². The first-order valence-corrected chi connectivity index (χ1v) is 9.18. The molecule has 26 heavy (non-hydrogen) atoms. The van der Waals surface area contributed by atoms with Crippen molar-refractivity contribution in [3.05, 3.63) is 35.9 Å². The van der Waals surface area contributed by atoms with Crippen LogP contribution in [0.25, 0.3) is 0 Å². The molecule has 0 saturated carbocycles. The summed E-state index contributed by atoms with van der Waals surface area (Å²) in [6.07, 6.45) is 6.58. The van der Waals surface area contributed by atoms with Crippen molar-refractivity contribution in [3.8, 4) is 11.5 Å². The van der Waals surface area contributed by atoms with Gasteiger partial charge in [0.25, 0.3) is 0 Å². The molecule has 0 radical (unpaired) electrons. The Balaban J connectivity index is 0.00000243. The first kappa shape index (κ1) is 20.9. The Hall–Kier alpha value is -1.44. The van der Waals surface area contributed by atoms with Gasteiger partial charge in [0, 0.05) is 18.0 Å². The van der Waals surface area contributed by atoms with Gasteiger partial charge in [0.2, 0.25) is 0 Å². The molecule has 1 aromatic rings. The maximum absolute atomic E-state index is 5.72. The fraction of sp³-hybridized carbons (Fsp3) is 0.550. The van der Waals surface area contributed by atoms with Crippen LogP contribution in [0.2, 0.25) is 0 Å². The van der Waals surface area contributed by atoms with Gasteiger partial charge in [-0.25, -0.2) is 0 Å². The van der Waals surface area contributed by atoms with Crippen molar-refractivity contribution < 1.29 is 9.47 Å². The molecule has 0 fully saturated rings. The molecule has 0 bridgehead atoms. The van der Waals surface area contributed by atoms with E-state index in [9.17, 15) is 0 Å². The van der Waals surface area contributed by atoms with Crippen molar-refractivity contribution in [2.24, 2.45) is 4.99 Å². The van der Waals surface area contributed by atoms with E-state index in [4.69, 9.17) is 14.5 Å². The van der Waals surface area contributed by atoms with E-state index in [1.165, 1.54) is 5.56 Å². The van der Waals surface area contributed by atoms with Crippen LogP contribution in [0.15, 0.2) is 35.3 Å². The Kier molecular flexibility index (Phi) is 7.61. The third-order valence-electron chi connectivity index (χ3n) is 4.65. The summed E-state index contributed by atoms with van der Waals surface area (Å²) in [5.74, 6) is 2.56. The largest absolute Gasteiger partial charge is 0.486 e. The number of nitrogens with zero attached hydrogens (tertiary/aromatic N) is 1. The van der Waals surface area contributed by atoms with Crippen LogP contribution < -0.4 is 20.1 Å². The molecule has 1 aliphatic carbocycles. The van der Waals surface area contributed by atoms with Gasteiger partial charge in [0.15, 0.2) is 17.5 Å². The Bertz CT molecular complexity index is 650. The van der Waals surface area contributed by atoms with E-state index >= 15 is 0 Å². The number of ether oxygens (including phenoxy) is 2. The van der Waals surface area contributed by atoms with Gasteiger partial charge >= 0.3 is 0 Å².